The van der Waals surface area contributed by atoms with Crippen LogP contribution >= 0.6 is 23.2 Å². The number of benzene rings is 2. The molecule has 0 spiro atoms. The van der Waals surface area contributed by atoms with Crippen LogP contribution in [0.2, 0.25) is 10.0 Å². The number of halogens is 2. The molecular weight excluding hydrogens is 499 g/mol. The largest absolute Gasteiger partial charge is 0.491 e. The molecule has 0 aliphatic heterocycles. The van der Waals surface area contributed by atoms with Crippen LogP contribution in [0, 0.1) is 0 Å². The maximum absolute atomic E-state index is 11.3. The van der Waals surface area contributed by atoms with Crippen molar-refractivity contribution in [3.8, 4) is 5.75 Å². The molecule has 10 heteroatoms. The second-order valence-corrected chi connectivity index (χ2v) is 10.7. The van der Waals surface area contributed by atoms with Gasteiger partial charge in [0, 0.05) is 31.9 Å². The van der Waals surface area contributed by atoms with Crippen LogP contribution in [0.5, 0.6) is 5.75 Å². The van der Waals surface area contributed by atoms with E-state index in [2.05, 4.69) is 16.5 Å². The van der Waals surface area contributed by atoms with E-state index < -0.39 is 16.1 Å². The third-order valence-electron chi connectivity index (χ3n) is 4.96. The van der Waals surface area contributed by atoms with Crippen molar-refractivity contribution in [2.24, 2.45) is 0 Å². The van der Waals surface area contributed by atoms with Gasteiger partial charge in [0.05, 0.1) is 22.9 Å². The number of hydrogen-bond acceptors (Lipinski definition) is 6. The number of hydrogen-bond donors (Lipinski definition) is 2. The van der Waals surface area contributed by atoms with Crippen molar-refractivity contribution in [3.63, 3.8) is 0 Å². The summed E-state index contributed by atoms with van der Waals surface area (Å²) in [6.07, 6.45) is 3.25. The van der Waals surface area contributed by atoms with Crippen molar-refractivity contribution in [1.29, 1.82) is 0 Å². The third kappa shape index (κ3) is 11.7. The smallest absolute Gasteiger partial charge is 0.229 e. The van der Waals surface area contributed by atoms with Gasteiger partial charge in [-0.05, 0) is 54.8 Å². The third-order valence-corrected chi connectivity index (χ3v) is 6.31. The fourth-order valence-electron chi connectivity index (χ4n) is 3.20. The molecule has 2 N–H and O–H groups in total. The minimum Gasteiger partial charge on any atom is -0.491 e. The zero-order chi connectivity index (χ0) is 25.0. The molecule has 2 aromatic carbocycles. The predicted molar refractivity (Wildman–Crippen MR) is 139 cm³/mol. The fraction of sp³-hybridized carbons (Fsp3) is 0.500. The molecule has 190 valence electrons. The van der Waals surface area contributed by atoms with Gasteiger partial charge >= 0.3 is 0 Å². The molecule has 2 aromatic rings. The molecule has 0 aromatic heterocycles. The molecule has 1 unspecified atom stereocenters. The Morgan fingerprint density at radius 3 is 2.44 bits per heavy atom. The Labute approximate surface area is 213 Å². The van der Waals surface area contributed by atoms with E-state index in [9.17, 15) is 13.5 Å². The Bertz CT molecular complexity index is 974. The molecular formula is C24H34Cl2N2O5S. The van der Waals surface area contributed by atoms with Crippen LogP contribution in [0.3, 0.4) is 0 Å². The maximum atomic E-state index is 11.3. The Kier molecular flexibility index (Phi) is 12.5. The fourth-order valence-corrected chi connectivity index (χ4v) is 4.08. The van der Waals surface area contributed by atoms with E-state index in [0.29, 0.717) is 41.2 Å². The van der Waals surface area contributed by atoms with Crippen molar-refractivity contribution in [2.45, 2.75) is 32.3 Å². The van der Waals surface area contributed by atoms with Gasteiger partial charge in [0.1, 0.15) is 18.5 Å². The number of unbranched alkanes of at least 4 members (excludes halogenated alkanes) is 1. The number of rotatable bonds is 16. The molecule has 0 fully saturated rings. The summed E-state index contributed by atoms with van der Waals surface area (Å²) in [6.45, 7) is 5.38. The Hall–Kier alpha value is -1.55. The van der Waals surface area contributed by atoms with E-state index in [-0.39, 0.29) is 6.61 Å². The number of ether oxygens (including phenoxy) is 2. The monoisotopic (exact) mass is 532 g/mol. The van der Waals surface area contributed by atoms with Crippen LogP contribution in [-0.4, -0.2) is 70.2 Å². The van der Waals surface area contributed by atoms with Crippen molar-refractivity contribution in [2.75, 3.05) is 50.4 Å². The first kappa shape index (κ1) is 28.7. The summed E-state index contributed by atoms with van der Waals surface area (Å²) in [7, 11) is -3.33. The van der Waals surface area contributed by atoms with Crippen molar-refractivity contribution >= 4 is 38.9 Å². The number of nitrogens with one attached hydrogen (secondary N) is 1. The Morgan fingerprint density at radius 1 is 1.06 bits per heavy atom. The predicted octanol–water partition coefficient (Wildman–Crippen LogP) is 4.47. The SMILES string of the molecule is CCCCOCCN(CCc1ccc(Cl)c(Cl)c1)CC(O)COc1ccc(NS(C)(=O)=O)cc1. The lowest BCUT2D eigenvalue weighted by molar-refractivity contribution is 0.0495. The number of nitrogens with zero attached hydrogens (tertiary/aromatic N) is 1. The molecule has 2 rings (SSSR count). The van der Waals surface area contributed by atoms with Gasteiger partial charge in [-0.15, -0.1) is 0 Å². The van der Waals surface area contributed by atoms with Crippen LogP contribution in [-0.2, 0) is 21.2 Å². The molecule has 7 nitrogen and oxygen atoms in total. The number of anilines is 1. The average Bonchev–Trinajstić information content (AvgIpc) is 2.78. The summed E-state index contributed by atoms with van der Waals surface area (Å²) in [6, 6.07) is 12.1. The standard InChI is InChI=1S/C24H34Cl2N2O5S/c1-3-4-14-32-15-13-28(12-11-19-5-10-23(25)24(26)16-19)17-21(29)18-33-22-8-6-20(7-9-22)27-34(2,30)31/h5-10,16,21,27,29H,3-4,11-15,17-18H2,1-2H3. The molecule has 1 atom stereocenters. The van der Waals surface area contributed by atoms with E-state index in [0.717, 1.165) is 44.2 Å². The van der Waals surface area contributed by atoms with Gasteiger partial charge < -0.3 is 14.6 Å². The van der Waals surface area contributed by atoms with Gasteiger partial charge in [0.25, 0.3) is 0 Å². The van der Waals surface area contributed by atoms with Crippen molar-refractivity contribution < 1.29 is 23.0 Å². The lowest BCUT2D eigenvalue weighted by atomic mass is 10.1. The van der Waals surface area contributed by atoms with Gasteiger partial charge in [-0.1, -0.05) is 42.6 Å². The van der Waals surface area contributed by atoms with E-state index in [4.69, 9.17) is 32.7 Å². The van der Waals surface area contributed by atoms with Crippen LogP contribution in [0.15, 0.2) is 42.5 Å². The highest BCUT2D eigenvalue weighted by Crippen LogP contribution is 2.23. The summed E-state index contributed by atoms with van der Waals surface area (Å²) in [4.78, 5) is 2.14. The zero-order valence-corrected chi connectivity index (χ0v) is 22.0. The lowest BCUT2D eigenvalue weighted by Gasteiger charge is -2.25. The van der Waals surface area contributed by atoms with E-state index in [1.54, 1.807) is 30.3 Å². The lowest BCUT2D eigenvalue weighted by Crippen LogP contribution is -2.38. The van der Waals surface area contributed by atoms with E-state index in [1.165, 1.54) is 0 Å². The minimum absolute atomic E-state index is 0.110. The number of aliphatic hydroxyl groups excluding tert-OH is 1. The average molecular weight is 534 g/mol. The number of sulfonamides is 1. The summed E-state index contributed by atoms with van der Waals surface area (Å²) in [5.74, 6) is 0.545. The molecule has 0 saturated heterocycles. The Morgan fingerprint density at radius 2 is 1.79 bits per heavy atom. The molecule has 0 radical (unpaired) electrons. The van der Waals surface area contributed by atoms with Crippen LogP contribution < -0.4 is 9.46 Å². The second-order valence-electron chi connectivity index (χ2n) is 8.13. The van der Waals surface area contributed by atoms with Gasteiger partial charge in [0.15, 0.2) is 0 Å². The molecule has 34 heavy (non-hydrogen) atoms. The normalized spacial score (nSPS) is 12.6. The first-order valence-corrected chi connectivity index (χ1v) is 13.9. The van der Waals surface area contributed by atoms with Crippen LogP contribution in [0.4, 0.5) is 5.69 Å². The topological polar surface area (TPSA) is 88.1 Å². The number of aliphatic hydroxyl groups is 1. The summed E-state index contributed by atoms with van der Waals surface area (Å²) in [5.41, 5.74) is 1.52. The quantitative estimate of drug-likeness (QED) is 0.310. The van der Waals surface area contributed by atoms with Gasteiger partial charge in [-0.2, -0.15) is 0 Å². The minimum atomic E-state index is -3.33. The van der Waals surface area contributed by atoms with Crippen LogP contribution in [0.1, 0.15) is 25.3 Å². The Balaban J connectivity index is 1.87. The highest BCUT2D eigenvalue weighted by molar-refractivity contribution is 7.92. The van der Waals surface area contributed by atoms with E-state index >= 15 is 0 Å². The van der Waals surface area contributed by atoms with Crippen LogP contribution in [0.25, 0.3) is 0 Å². The van der Waals surface area contributed by atoms with Gasteiger partial charge in [-0.25, -0.2) is 8.42 Å². The molecule has 0 aliphatic carbocycles. The molecule has 0 bridgehead atoms. The van der Waals surface area contributed by atoms with E-state index in [1.807, 2.05) is 12.1 Å². The van der Waals surface area contributed by atoms with Crippen molar-refractivity contribution in [3.05, 3.63) is 58.1 Å². The summed E-state index contributed by atoms with van der Waals surface area (Å²) >= 11 is 12.1. The first-order chi connectivity index (χ1) is 16.2. The highest BCUT2D eigenvalue weighted by Gasteiger charge is 2.14. The first-order valence-electron chi connectivity index (χ1n) is 11.3. The summed E-state index contributed by atoms with van der Waals surface area (Å²) in [5, 5.41) is 11.6. The van der Waals surface area contributed by atoms with Gasteiger partial charge in [0.2, 0.25) is 10.0 Å². The molecule has 0 amide bonds. The van der Waals surface area contributed by atoms with Crippen molar-refractivity contribution in [1.82, 2.24) is 4.90 Å². The zero-order valence-electron chi connectivity index (χ0n) is 19.7. The molecule has 0 heterocycles. The molecule has 0 saturated carbocycles. The maximum Gasteiger partial charge on any atom is 0.229 e. The molecule has 0 aliphatic rings. The highest BCUT2D eigenvalue weighted by atomic mass is 35.5. The summed E-state index contributed by atoms with van der Waals surface area (Å²) < 4.78 is 36.4. The second kappa shape index (κ2) is 14.8. The van der Waals surface area contributed by atoms with Gasteiger partial charge in [-0.3, -0.25) is 9.62 Å².